The van der Waals surface area contributed by atoms with Gasteiger partial charge in [-0.1, -0.05) is 55.0 Å². The van der Waals surface area contributed by atoms with Crippen molar-refractivity contribution < 1.29 is 14.7 Å². The second-order valence-corrected chi connectivity index (χ2v) is 7.87. The Morgan fingerprint density at radius 2 is 1.79 bits per heavy atom. The molecule has 0 spiro atoms. The maximum atomic E-state index is 13.0. The summed E-state index contributed by atoms with van der Waals surface area (Å²) in [6.45, 7) is 1.54. The Balaban J connectivity index is 0.000000334. The number of rotatable bonds is 4. The van der Waals surface area contributed by atoms with Crippen molar-refractivity contribution in [2.45, 2.75) is 51.1 Å². The zero-order valence-electron chi connectivity index (χ0n) is 16.4. The number of nitrogens with zero attached hydrogens (tertiary/aromatic N) is 1. The molecule has 4 rings (SSSR count). The van der Waals surface area contributed by atoms with Crippen molar-refractivity contribution in [1.29, 1.82) is 0 Å². The lowest BCUT2D eigenvalue weighted by atomic mass is 9.92. The molecule has 150 valence electrons. The van der Waals surface area contributed by atoms with Crippen molar-refractivity contribution in [3.05, 3.63) is 58.6 Å². The molecular weight excluding hydrogens is 386 g/mol. The summed E-state index contributed by atoms with van der Waals surface area (Å²) in [5.74, 6) is 1.11. The highest BCUT2D eigenvalue weighted by atomic mass is 35.5. The highest BCUT2D eigenvalue weighted by Crippen LogP contribution is 2.32. The van der Waals surface area contributed by atoms with Crippen LogP contribution in [0.5, 0.6) is 0 Å². The average molecular weight is 410 g/mol. The highest BCUT2D eigenvalue weighted by molar-refractivity contribution is 6.30. The summed E-state index contributed by atoms with van der Waals surface area (Å²) in [6.07, 6.45) is 10.2. The minimum Gasteiger partial charge on any atom is -0.480 e. The topological polar surface area (TPSA) is 57.6 Å². The molecule has 4 nitrogen and oxygen atoms in total. The third-order valence-electron chi connectivity index (χ3n) is 5.46. The van der Waals surface area contributed by atoms with Crippen LogP contribution >= 0.6 is 11.6 Å². The van der Waals surface area contributed by atoms with Crippen molar-refractivity contribution >= 4 is 23.5 Å². The predicted molar refractivity (Wildman–Crippen MR) is 115 cm³/mol. The van der Waals surface area contributed by atoms with Crippen molar-refractivity contribution in [2.24, 2.45) is 0 Å². The zero-order valence-corrected chi connectivity index (χ0v) is 17.2. The normalized spacial score (nSPS) is 15.3. The van der Waals surface area contributed by atoms with Crippen molar-refractivity contribution in [3.63, 3.8) is 0 Å². The Morgan fingerprint density at radius 3 is 2.28 bits per heavy atom. The molecule has 1 aromatic carbocycles. The lowest BCUT2D eigenvalue weighted by Crippen LogP contribution is -2.50. The van der Waals surface area contributed by atoms with E-state index in [-0.39, 0.29) is 11.9 Å². The van der Waals surface area contributed by atoms with Gasteiger partial charge in [0, 0.05) is 16.6 Å². The third kappa shape index (κ3) is 4.99. The van der Waals surface area contributed by atoms with Crippen LogP contribution in [0.4, 0.5) is 0 Å². The molecule has 1 N–H and O–H groups in total. The number of carbonyl (C=O) groups is 2. The van der Waals surface area contributed by atoms with Gasteiger partial charge in [0.15, 0.2) is 0 Å². The number of terminal acetylenes is 1. The lowest BCUT2D eigenvalue weighted by Gasteiger charge is -2.37. The fourth-order valence-corrected chi connectivity index (χ4v) is 3.95. The molecule has 1 aromatic rings. The summed E-state index contributed by atoms with van der Waals surface area (Å²) in [6, 6.07) is 12.2. The van der Waals surface area contributed by atoms with E-state index in [0.717, 1.165) is 32.1 Å². The molecule has 0 bridgehead atoms. The first kappa shape index (κ1) is 21.0. The zero-order chi connectivity index (χ0) is 21.0. The Morgan fingerprint density at radius 1 is 1.14 bits per heavy atom. The molecule has 0 radical (unpaired) electrons. The van der Waals surface area contributed by atoms with E-state index in [2.05, 4.69) is 30.2 Å². The van der Waals surface area contributed by atoms with Gasteiger partial charge in [-0.25, -0.2) is 4.79 Å². The first-order valence-electron chi connectivity index (χ1n) is 9.84. The second-order valence-electron chi connectivity index (χ2n) is 7.43. The summed E-state index contributed by atoms with van der Waals surface area (Å²) in [4.78, 5) is 26.0. The second kappa shape index (κ2) is 9.15. The van der Waals surface area contributed by atoms with Gasteiger partial charge in [0.05, 0.1) is 5.56 Å². The van der Waals surface area contributed by atoms with Crippen molar-refractivity contribution in [1.82, 2.24) is 4.90 Å². The van der Waals surface area contributed by atoms with Gasteiger partial charge < -0.3 is 10.0 Å². The van der Waals surface area contributed by atoms with E-state index in [1.807, 2.05) is 0 Å². The van der Waals surface area contributed by atoms with Gasteiger partial charge in [-0.15, -0.1) is 6.42 Å². The average Bonchev–Trinajstić information content (AvgIpc) is 3.33. The summed E-state index contributed by atoms with van der Waals surface area (Å²) < 4.78 is 0. The van der Waals surface area contributed by atoms with Crippen LogP contribution in [0, 0.1) is 12.3 Å². The van der Waals surface area contributed by atoms with Crippen LogP contribution in [0.15, 0.2) is 42.5 Å². The van der Waals surface area contributed by atoms with E-state index in [1.165, 1.54) is 16.0 Å². The van der Waals surface area contributed by atoms with E-state index in [1.54, 1.807) is 25.1 Å². The number of carboxylic acids is 1. The van der Waals surface area contributed by atoms with Crippen LogP contribution in [0.1, 0.15) is 54.9 Å². The SMILES string of the molecule is C#Cc1cc(Cl)ccc1C(=O)N(C1CCCCC1)C(C)C(=O)O.c1cc2cc-2c1. The summed E-state index contributed by atoms with van der Waals surface area (Å²) >= 11 is 5.93. The molecule has 5 heteroatoms. The summed E-state index contributed by atoms with van der Waals surface area (Å²) in [5, 5.41) is 9.84. The van der Waals surface area contributed by atoms with Crippen molar-refractivity contribution in [3.8, 4) is 23.5 Å². The van der Waals surface area contributed by atoms with Crippen LogP contribution < -0.4 is 0 Å². The summed E-state index contributed by atoms with van der Waals surface area (Å²) in [7, 11) is 0. The minimum absolute atomic E-state index is 0.0661. The molecule has 0 aromatic heterocycles. The van der Waals surface area contributed by atoms with E-state index < -0.39 is 12.0 Å². The van der Waals surface area contributed by atoms with Crippen LogP contribution in [-0.2, 0) is 4.79 Å². The van der Waals surface area contributed by atoms with Gasteiger partial charge in [-0.2, -0.15) is 0 Å². The predicted octanol–water partition coefficient (Wildman–Crippen LogP) is 5.24. The first-order chi connectivity index (χ1) is 13.9. The Labute approximate surface area is 176 Å². The van der Waals surface area contributed by atoms with E-state index in [4.69, 9.17) is 18.0 Å². The highest BCUT2D eigenvalue weighted by Gasteiger charge is 2.34. The number of benzene rings is 2. The minimum atomic E-state index is -1.01. The monoisotopic (exact) mass is 409 g/mol. The fourth-order valence-electron chi connectivity index (χ4n) is 3.77. The molecule has 1 saturated carbocycles. The van der Waals surface area contributed by atoms with E-state index in [9.17, 15) is 14.7 Å². The van der Waals surface area contributed by atoms with E-state index >= 15 is 0 Å². The molecule has 1 atom stereocenters. The van der Waals surface area contributed by atoms with Gasteiger partial charge in [0.2, 0.25) is 0 Å². The summed E-state index contributed by atoms with van der Waals surface area (Å²) in [5.41, 5.74) is 3.57. The largest absolute Gasteiger partial charge is 0.480 e. The Bertz CT molecular complexity index is 940. The first-order valence-corrected chi connectivity index (χ1v) is 10.2. The number of fused-ring (bicyclic) bond motifs is 1. The number of carboxylic acid groups (broad SMARTS) is 1. The maximum Gasteiger partial charge on any atom is 0.326 e. The quantitative estimate of drug-likeness (QED) is 0.600. The molecular formula is C24H24ClNO3. The number of amides is 1. The van der Waals surface area contributed by atoms with Crippen LogP contribution in [0.3, 0.4) is 0 Å². The van der Waals surface area contributed by atoms with Gasteiger partial charge in [0.1, 0.15) is 6.04 Å². The van der Waals surface area contributed by atoms with Crippen LogP contribution in [0.25, 0.3) is 11.1 Å². The third-order valence-corrected chi connectivity index (χ3v) is 5.69. The number of carbonyl (C=O) groups excluding carboxylic acids is 1. The van der Waals surface area contributed by atoms with Crippen molar-refractivity contribution in [2.75, 3.05) is 0 Å². The van der Waals surface area contributed by atoms with Crippen LogP contribution in [0.2, 0.25) is 5.02 Å². The Hall–Kier alpha value is -2.77. The van der Waals surface area contributed by atoms with Gasteiger partial charge in [0.25, 0.3) is 5.91 Å². The molecule has 3 aliphatic carbocycles. The van der Waals surface area contributed by atoms with Gasteiger partial charge in [-0.3, -0.25) is 4.79 Å². The van der Waals surface area contributed by atoms with Gasteiger partial charge >= 0.3 is 5.97 Å². The number of hydrogen-bond acceptors (Lipinski definition) is 2. The number of halogens is 1. The lowest BCUT2D eigenvalue weighted by molar-refractivity contribution is -0.142. The van der Waals surface area contributed by atoms with E-state index in [0.29, 0.717) is 16.1 Å². The molecule has 1 fully saturated rings. The molecule has 1 amide bonds. The molecule has 3 aliphatic rings. The smallest absolute Gasteiger partial charge is 0.326 e. The standard InChI is InChI=1S/C18H20ClNO3.C6H4/c1-3-13-11-14(19)9-10-16(13)17(21)20(12(2)18(22)23)15-7-5-4-6-8-15;1-2-5-4-6(5)3-1/h1,9-12,15H,4-8H2,2H3,(H,22,23);1-4H. The molecule has 0 saturated heterocycles. The Kier molecular flexibility index (Phi) is 6.61. The van der Waals surface area contributed by atoms with Crippen LogP contribution in [-0.4, -0.2) is 34.0 Å². The fraction of sp³-hybridized carbons (Fsp3) is 0.333. The van der Waals surface area contributed by atoms with Gasteiger partial charge in [-0.05, 0) is 55.2 Å². The molecule has 0 heterocycles. The number of aliphatic carboxylic acids is 1. The number of hydrogen-bond donors (Lipinski definition) is 1. The maximum absolute atomic E-state index is 13.0. The molecule has 0 aliphatic heterocycles. The molecule has 29 heavy (non-hydrogen) atoms. The molecule has 1 unspecified atom stereocenters.